The molecule has 2 amide bonds. The highest BCUT2D eigenvalue weighted by Gasteiger charge is 2.21. The van der Waals surface area contributed by atoms with Gasteiger partial charge in [0, 0.05) is 30.6 Å². The Morgan fingerprint density at radius 3 is 2.77 bits per heavy atom. The number of rotatable bonds is 5. The fraction of sp³-hybridized carbons (Fsp3) is 0.444. The summed E-state index contributed by atoms with van der Waals surface area (Å²) in [4.78, 5) is 28.6. The van der Waals surface area contributed by atoms with Crippen LogP contribution < -0.4 is 16.0 Å². The molecule has 26 heavy (non-hydrogen) atoms. The lowest BCUT2D eigenvalue weighted by Crippen LogP contribution is -2.27. The topological polar surface area (TPSA) is 101 Å². The van der Waals surface area contributed by atoms with E-state index < -0.39 is 0 Å². The van der Waals surface area contributed by atoms with Gasteiger partial charge in [0.2, 0.25) is 11.9 Å². The van der Waals surface area contributed by atoms with Crippen molar-refractivity contribution in [3.8, 4) is 0 Å². The third-order valence-electron chi connectivity index (χ3n) is 4.44. The summed E-state index contributed by atoms with van der Waals surface area (Å²) in [6.45, 7) is 3.70. The van der Waals surface area contributed by atoms with Gasteiger partial charge in [-0.15, -0.1) is 0 Å². The van der Waals surface area contributed by atoms with Crippen LogP contribution in [-0.2, 0) is 11.8 Å². The van der Waals surface area contributed by atoms with Crippen LogP contribution >= 0.6 is 0 Å². The third kappa shape index (κ3) is 4.26. The molecule has 2 heterocycles. The second kappa shape index (κ2) is 8.09. The number of hydrogen-bond acceptors (Lipinski definition) is 5. The maximum atomic E-state index is 12.5. The van der Waals surface area contributed by atoms with Gasteiger partial charge in [0.15, 0.2) is 5.82 Å². The van der Waals surface area contributed by atoms with E-state index in [4.69, 9.17) is 0 Å². The van der Waals surface area contributed by atoms with Crippen LogP contribution in [0.1, 0.15) is 48.3 Å². The van der Waals surface area contributed by atoms with Crippen LogP contribution in [0.15, 0.2) is 24.3 Å². The number of aromatic nitrogens is 3. The van der Waals surface area contributed by atoms with E-state index in [0.717, 1.165) is 31.8 Å². The molecule has 0 aliphatic carbocycles. The van der Waals surface area contributed by atoms with Gasteiger partial charge in [-0.3, -0.25) is 14.9 Å². The molecule has 1 fully saturated rings. The van der Waals surface area contributed by atoms with Gasteiger partial charge in [-0.1, -0.05) is 13.0 Å². The van der Waals surface area contributed by atoms with Crippen LogP contribution in [0.5, 0.6) is 0 Å². The highest BCUT2D eigenvalue weighted by atomic mass is 16.2. The molecular weight excluding hydrogens is 332 g/mol. The first-order valence-corrected chi connectivity index (χ1v) is 8.89. The van der Waals surface area contributed by atoms with Gasteiger partial charge in [0.25, 0.3) is 5.91 Å². The van der Waals surface area contributed by atoms with Crippen molar-refractivity contribution in [2.45, 2.75) is 32.1 Å². The smallest absolute Gasteiger partial charge is 0.258 e. The average molecular weight is 356 g/mol. The molecule has 1 aliphatic rings. The van der Waals surface area contributed by atoms with Gasteiger partial charge in [0.05, 0.1) is 0 Å². The van der Waals surface area contributed by atoms with Crippen molar-refractivity contribution in [3.63, 3.8) is 0 Å². The van der Waals surface area contributed by atoms with Crippen molar-refractivity contribution in [3.05, 3.63) is 35.7 Å². The molecule has 8 nitrogen and oxygen atoms in total. The Hall–Kier alpha value is -2.74. The van der Waals surface area contributed by atoms with Crippen LogP contribution in [0.2, 0.25) is 0 Å². The minimum atomic E-state index is -0.287. The Morgan fingerprint density at radius 1 is 1.27 bits per heavy atom. The van der Waals surface area contributed by atoms with E-state index in [0.29, 0.717) is 29.5 Å². The summed E-state index contributed by atoms with van der Waals surface area (Å²) in [5, 5.41) is 13.3. The predicted octanol–water partition coefficient (Wildman–Crippen LogP) is 1.88. The molecule has 0 spiro atoms. The van der Waals surface area contributed by atoms with Gasteiger partial charge >= 0.3 is 0 Å². The zero-order valence-corrected chi connectivity index (χ0v) is 15.1. The molecule has 138 valence electrons. The first kappa shape index (κ1) is 18.1. The fourth-order valence-corrected chi connectivity index (χ4v) is 2.93. The quantitative estimate of drug-likeness (QED) is 0.759. The molecule has 1 aliphatic heterocycles. The third-order valence-corrected chi connectivity index (χ3v) is 4.44. The van der Waals surface area contributed by atoms with Crippen LogP contribution in [0, 0.1) is 0 Å². The molecule has 8 heteroatoms. The standard InChI is InChI=1S/C18H24N6O2/c1-3-15(25)20-14-6-4-5-13(11-14)17(26)22-18-21-16(23-24(18)2)12-7-9-19-10-8-12/h4-6,11-12,19H,3,7-10H2,1-2H3,(H,20,25)(H,21,22,23,26). The van der Waals surface area contributed by atoms with Gasteiger partial charge in [0.1, 0.15) is 0 Å². The number of piperidine rings is 1. The summed E-state index contributed by atoms with van der Waals surface area (Å²) >= 11 is 0. The first-order chi connectivity index (χ1) is 12.6. The van der Waals surface area contributed by atoms with Gasteiger partial charge in [-0.25, -0.2) is 4.68 Å². The molecule has 0 saturated carbocycles. The zero-order valence-electron chi connectivity index (χ0n) is 15.1. The molecule has 1 aromatic carbocycles. The van der Waals surface area contributed by atoms with Gasteiger partial charge in [-0.05, 0) is 44.1 Å². The van der Waals surface area contributed by atoms with E-state index in [1.165, 1.54) is 0 Å². The number of amides is 2. The maximum Gasteiger partial charge on any atom is 0.258 e. The summed E-state index contributed by atoms with van der Waals surface area (Å²) in [7, 11) is 1.77. The lowest BCUT2D eigenvalue weighted by molar-refractivity contribution is -0.115. The van der Waals surface area contributed by atoms with Crippen LogP contribution in [0.3, 0.4) is 0 Å². The van der Waals surface area contributed by atoms with Crippen molar-refractivity contribution in [2.24, 2.45) is 7.05 Å². The molecule has 0 radical (unpaired) electrons. The Morgan fingerprint density at radius 2 is 2.04 bits per heavy atom. The Kier molecular flexibility index (Phi) is 5.62. The maximum absolute atomic E-state index is 12.5. The number of carbonyl (C=O) groups excluding carboxylic acids is 2. The monoisotopic (exact) mass is 356 g/mol. The van der Waals surface area contributed by atoms with E-state index >= 15 is 0 Å². The van der Waals surface area contributed by atoms with Crippen molar-refractivity contribution in [1.29, 1.82) is 0 Å². The van der Waals surface area contributed by atoms with Crippen LogP contribution in [0.4, 0.5) is 11.6 Å². The van der Waals surface area contributed by atoms with E-state index in [1.807, 2.05) is 0 Å². The minimum Gasteiger partial charge on any atom is -0.326 e. The van der Waals surface area contributed by atoms with Gasteiger partial charge < -0.3 is 10.6 Å². The molecule has 0 bridgehead atoms. The summed E-state index contributed by atoms with van der Waals surface area (Å²) in [5.74, 6) is 1.13. The summed E-state index contributed by atoms with van der Waals surface area (Å²) in [5.41, 5.74) is 1.04. The fourth-order valence-electron chi connectivity index (χ4n) is 2.93. The zero-order chi connectivity index (χ0) is 18.5. The number of hydrogen-bond donors (Lipinski definition) is 3. The predicted molar refractivity (Wildman–Crippen MR) is 99.2 cm³/mol. The van der Waals surface area contributed by atoms with E-state index in [-0.39, 0.29) is 11.8 Å². The molecule has 1 saturated heterocycles. The van der Waals surface area contributed by atoms with E-state index in [2.05, 4.69) is 26.0 Å². The van der Waals surface area contributed by atoms with E-state index in [1.54, 1.807) is 42.9 Å². The largest absolute Gasteiger partial charge is 0.326 e. The van der Waals surface area contributed by atoms with Crippen molar-refractivity contribution < 1.29 is 9.59 Å². The molecule has 3 rings (SSSR count). The molecule has 3 N–H and O–H groups in total. The van der Waals surface area contributed by atoms with E-state index in [9.17, 15) is 9.59 Å². The number of nitrogens with zero attached hydrogens (tertiary/aromatic N) is 3. The lowest BCUT2D eigenvalue weighted by atomic mass is 9.98. The normalized spacial score (nSPS) is 14.8. The molecule has 2 aromatic rings. The Labute approximate surface area is 152 Å². The van der Waals surface area contributed by atoms with Crippen molar-refractivity contribution in [1.82, 2.24) is 20.1 Å². The number of nitrogens with one attached hydrogen (secondary N) is 3. The number of anilines is 2. The summed E-state index contributed by atoms with van der Waals surface area (Å²) in [6, 6.07) is 6.83. The number of aryl methyl sites for hydroxylation is 1. The molecular formula is C18H24N6O2. The van der Waals surface area contributed by atoms with Crippen molar-refractivity contribution in [2.75, 3.05) is 23.7 Å². The summed E-state index contributed by atoms with van der Waals surface area (Å²) < 4.78 is 1.60. The molecule has 1 aromatic heterocycles. The SMILES string of the molecule is CCC(=O)Nc1cccc(C(=O)Nc2nc(C3CCNCC3)nn2C)c1. The second-order valence-corrected chi connectivity index (χ2v) is 6.38. The molecule has 0 atom stereocenters. The second-order valence-electron chi connectivity index (χ2n) is 6.38. The highest BCUT2D eigenvalue weighted by Crippen LogP contribution is 2.23. The number of benzene rings is 1. The first-order valence-electron chi connectivity index (χ1n) is 8.89. The minimum absolute atomic E-state index is 0.0949. The highest BCUT2D eigenvalue weighted by molar-refractivity contribution is 6.04. The lowest BCUT2D eigenvalue weighted by Gasteiger charge is -2.19. The molecule has 0 unspecified atom stereocenters. The summed E-state index contributed by atoms with van der Waals surface area (Å²) in [6.07, 6.45) is 2.38. The van der Waals surface area contributed by atoms with Crippen molar-refractivity contribution >= 4 is 23.5 Å². The average Bonchev–Trinajstić information content (AvgIpc) is 3.03. The number of carbonyl (C=O) groups is 2. The Bertz CT molecular complexity index is 795. The van der Waals surface area contributed by atoms with Gasteiger partial charge in [-0.2, -0.15) is 10.1 Å². The van der Waals surface area contributed by atoms with Crippen LogP contribution in [-0.4, -0.2) is 39.7 Å². The van der Waals surface area contributed by atoms with Crippen LogP contribution in [0.25, 0.3) is 0 Å². The Balaban J connectivity index is 1.71.